The Morgan fingerprint density at radius 2 is 2.13 bits per heavy atom. The van der Waals surface area contributed by atoms with Gasteiger partial charge in [-0.25, -0.2) is 4.79 Å². The average molecular weight is 442 g/mol. The van der Waals surface area contributed by atoms with Crippen LogP contribution in [-0.4, -0.2) is 48.7 Å². The molecular formula is C24H31N3O3S. The number of esters is 1. The molecule has 0 amide bonds. The summed E-state index contributed by atoms with van der Waals surface area (Å²) in [6, 6.07) is 2.49. The van der Waals surface area contributed by atoms with Crippen LogP contribution in [0.4, 0.5) is 17.1 Å². The van der Waals surface area contributed by atoms with Crippen molar-refractivity contribution in [3.8, 4) is 0 Å². The first-order valence-electron chi connectivity index (χ1n) is 11.3. The molecule has 0 aromatic heterocycles. The van der Waals surface area contributed by atoms with Gasteiger partial charge in [-0.3, -0.25) is 0 Å². The van der Waals surface area contributed by atoms with Crippen LogP contribution in [0, 0.1) is 6.92 Å². The summed E-state index contributed by atoms with van der Waals surface area (Å²) in [5.41, 5.74) is 13.8. The Labute approximate surface area is 188 Å². The fourth-order valence-corrected chi connectivity index (χ4v) is 6.37. The van der Waals surface area contributed by atoms with Crippen molar-refractivity contribution in [1.82, 2.24) is 0 Å². The summed E-state index contributed by atoms with van der Waals surface area (Å²) in [5.74, 6) is 0.768. The number of hydrogen-bond donors (Lipinski definition) is 2. The van der Waals surface area contributed by atoms with Crippen molar-refractivity contribution in [2.24, 2.45) is 0 Å². The van der Waals surface area contributed by atoms with Gasteiger partial charge in [-0.15, -0.1) is 11.8 Å². The largest absolute Gasteiger partial charge is 0.463 e. The summed E-state index contributed by atoms with van der Waals surface area (Å²) >= 11 is 1.90. The SMILES string of the molecule is CCOC(=O)C1=CN(C2CC2)c2c(cc(N)c(N3CCC4=C(C3)C(O)CCS4)c2C)C1. The molecule has 166 valence electrons. The van der Waals surface area contributed by atoms with Crippen molar-refractivity contribution < 1.29 is 14.6 Å². The van der Waals surface area contributed by atoms with Crippen LogP contribution in [0.3, 0.4) is 0 Å². The number of thioether (sulfide) groups is 1. The molecule has 7 heteroatoms. The molecule has 3 aliphatic heterocycles. The summed E-state index contributed by atoms with van der Waals surface area (Å²) in [6.07, 6.45) is 6.27. The number of carbonyl (C=O) groups is 1. The molecule has 0 spiro atoms. The lowest BCUT2D eigenvalue weighted by Crippen LogP contribution is -2.38. The number of carbonyl (C=O) groups excluding carboxylic acids is 1. The maximum atomic E-state index is 12.5. The van der Waals surface area contributed by atoms with E-state index in [1.54, 1.807) is 0 Å². The Hall–Kier alpha value is -2.12. The lowest BCUT2D eigenvalue weighted by Gasteiger charge is -2.39. The van der Waals surface area contributed by atoms with Crippen LogP contribution in [0.2, 0.25) is 0 Å². The van der Waals surface area contributed by atoms with Crippen molar-refractivity contribution in [3.05, 3.63) is 39.4 Å². The zero-order valence-electron chi connectivity index (χ0n) is 18.3. The molecule has 1 fully saturated rings. The van der Waals surface area contributed by atoms with E-state index in [0.29, 0.717) is 24.6 Å². The van der Waals surface area contributed by atoms with Crippen LogP contribution in [0.25, 0.3) is 0 Å². The predicted octanol–water partition coefficient (Wildman–Crippen LogP) is 3.51. The number of hydrogen-bond acceptors (Lipinski definition) is 7. The molecule has 5 rings (SSSR count). The first kappa shape index (κ1) is 20.8. The lowest BCUT2D eigenvalue weighted by atomic mass is 9.93. The van der Waals surface area contributed by atoms with E-state index in [0.717, 1.165) is 61.5 Å². The van der Waals surface area contributed by atoms with Crippen molar-refractivity contribution in [1.29, 1.82) is 0 Å². The quantitative estimate of drug-likeness (QED) is 0.547. The average Bonchev–Trinajstić information content (AvgIpc) is 3.59. The minimum absolute atomic E-state index is 0.238. The maximum absolute atomic E-state index is 12.5. The lowest BCUT2D eigenvalue weighted by molar-refractivity contribution is -0.138. The van der Waals surface area contributed by atoms with E-state index in [4.69, 9.17) is 10.5 Å². The summed E-state index contributed by atoms with van der Waals surface area (Å²) in [5, 5.41) is 10.6. The minimum Gasteiger partial charge on any atom is -0.463 e. The predicted molar refractivity (Wildman–Crippen MR) is 126 cm³/mol. The van der Waals surface area contributed by atoms with Crippen molar-refractivity contribution in [2.75, 3.05) is 41.0 Å². The van der Waals surface area contributed by atoms with Gasteiger partial charge in [-0.05, 0) is 67.2 Å². The number of rotatable bonds is 4. The second-order valence-corrected chi connectivity index (χ2v) is 10.1. The monoisotopic (exact) mass is 441 g/mol. The van der Waals surface area contributed by atoms with Crippen molar-refractivity contribution in [2.45, 2.75) is 58.1 Å². The molecule has 31 heavy (non-hydrogen) atoms. The summed E-state index contributed by atoms with van der Waals surface area (Å²) in [4.78, 5) is 18.4. The third-order valence-electron chi connectivity index (χ3n) is 6.74. The Morgan fingerprint density at radius 1 is 1.32 bits per heavy atom. The number of nitrogens with two attached hydrogens (primary N) is 1. The molecular weight excluding hydrogens is 410 g/mol. The second kappa shape index (κ2) is 8.10. The zero-order valence-corrected chi connectivity index (χ0v) is 19.1. The third-order valence-corrected chi connectivity index (χ3v) is 8.00. The van der Waals surface area contributed by atoms with Crippen LogP contribution in [-0.2, 0) is 16.0 Å². The van der Waals surface area contributed by atoms with Gasteiger partial charge in [0.05, 0.1) is 29.7 Å². The van der Waals surface area contributed by atoms with Gasteiger partial charge in [-0.2, -0.15) is 0 Å². The number of benzene rings is 1. The van der Waals surface area contributed by atoms with Crippen LogP contribution in [0.15, 0.2) is 28.3 Å². The highest BCUT2D eigenvalue weighted by molar-refractivity contribution is 8.03. The fraction of sp³-hybridized carbons (Fsp3) is 0.542. The molecule has 1 aromatic rings. The standard InChI is InChI=1S/C24H31N3O3S/c1-3-30-24(29)16-10-15-11-19(25)23(14(2)22(15)27(12-16)17-4-5-17)26-8-6-21-18(13-26)20(28)7-9-31-21/h11-12,17,20,28H,3-10,13,25H2,1-2H3. The van der Waals surface area contributed by atoms with E-state index >= 15 is 0 Å². The van der Waals surface area contributed by atoms with Gasteiger partial charge in [0.25, 0.3) is 0 Å². The van der Waals surface area contributed by atoms with E-state index in [1.165, 1.54) is 21.7 Å². The van der Waals surface area contributed by atoms with Crippen LogP contribution in [0.1, 0.15) is 43.7 Å². The smallest absolute Gasteiger partial charge is 0.335 e. The Morgan fingerprint density at radius 3 is 2.87 bits per heavy atom. The topological polar surface area (TPSA) is 79.0 Å². The number of nitrogens with zero attached hydrogens (tertiary/aromatic N) is 2. The number of ether oxygens (including phenoxy) is 1. The van der Waals surface area contributed by atoms with Gasteiger partial charge in [0.1, 0.15) is 0 Å². The van der Waals surface area contributed by atoms with Crippen molar-refractivity contribution in [3.63, 3.8) is 0 Å². The highest BCUT2D eigenvalue weighted by Crippen LogP contribution is 2.47. The number of aliphatic hydroxyl groups excluding tert-OH is 1. The summed E-state index contributed by atoms with van der Waals surface area (Å²) < 4.78 is 5.28. The number of fused-ring (bicyclic) bond motifs is 1. The highest BCUT2D eigenvalue weighted by atomic mass is 32.2. The Kier molecular flexibility index (Phi) is 5.42. The molecule has 1 unspecified atom stereocenters. The van der Waals surface area contributed by atoms with E-state index in [-0.39, 0.29) is 12.1 Å². The zero-order chi connectivity index (χ0) is 21.7. The number of anilines is 3. The molecule has 1 aliphatic carbocycles. The molecule has 0 bridgehead atoms. The van der Waals surface area contributed by atoms with E-state index in [9.17, 15) is 9.90 Å². The molecule has 1 saturated carbocycles. The Bertz CT molecular complexity index is 983. The van der Waals surface area contributed by atoms with E-state index < -0.39 is 0 Å². The molecule has 3 heterocycles. The molecule has 1 atom stereocenters. The third kappa shape index (κ3) is 3.72. The highest BCUT2D eigenvalue weighted by Gasteiger charge is 2.36. The number of aliphatic hydroxyl groups is 1. The van der Waals surface area contributed by atoms with Crippen LogP contribution >= 0.6 is 11.8 Å². The van der Waals surface area contributed by atoms with E-state index in [2.05, 4.69) is 22.8 Å². The van der Waals surface area contributed by atoms with Gasteiger partial charge < -0.3 is 25.4 Å². The van der Waals surface area contributed by atoms with Gasteiger partial charge in [0.2, 0.25) is 0 Å². The molecule has 0 radical (unpaired) electrons. The first-order chi connectivity index (χ1) is 15.0. The Balaban J connectivity index is 1.52. The molecule has 1 aromatic carbocycles. The molecule has 0 saturated heterocycles. The van der Waals surface area contributed by atoms with Crippen molar-refractivity contribution >= 4 is 34.8 Å². The van der Waals surface area contributed by atoms with Crippen LogP contribution in [0.5, 0.6) is 0 Å². The maximum Gasteiger partial charge on any atom is 0.335 e. The normalized spacial score (nSPS) is 23.3. The van der Waals surface area contributed by atoms with Crippen LogP contribution < -0.4 is 15.5 Å². The van der Waals surface area contributed by atoms with E-state index in [1.807, 2.05) is 24.9 Å². The van der Waals surface area contributed by atoms with Gasteiger partial charge in [0, 0.05) is 43.2 Å². The number of nitrogen functional groups attached to an aromatic ring is 1. The molecule has 4 aliphatic rings. The summed E-state index contributed by atoms with van der Waals surface area (Å²) in [7, 11) is 0. The second-order valence-electron chi connectivity index (χ2n) is 8.91. The summed E-state index contributed by atoms with van der Waals surface area (Å²) in [6.45, 7) is 6.02. The van der Waals surface area contributed by atoms with Gasteiger partial charge in [0.15, 0.2) is 0 Å². The first-order valence-corrected chi connectivity index (χ1v) is 12.3. The molecule has 6 nitrogen and oxygen atoms in total. The van der Waals surface area contributed by atoms with Gasteiger partial charge >= 0.3 is 5.97 Å². The fourth-order valence-electron chi connectivity index (χ4n) is 5.17. The molecule has 3 N–H and O–H groups in total. The van der Waals surface area contributed by atoms with Gasteiger partial charge in [-0.1, -0.05) is 0 Å². The minimum atomic E-state index is -0.337.